The third-order valence-electron chi connectivity index (χ3n) is 10.7. The van der Waals surface area contributed by atoms with E-state index in [0.29, 0.717) is 22.4 Å². The second kappa shape index (κ2) is 12.5. The normalized spacial score (nSPS) is 24.6. The molecule has 0 radical (unpaired) electrons. The van der Waals surface area contributed by atoms with Gasteiger partial charge in [0.1, 0.15) is 35.4 Å². The predicted octanol–water partition coefficient (Wildman–Crippen LogP) is 4.94. The van der Waals surface area contributed by atoms with Gasteiger partial charge in [0.25, 0.3) is 0 Å². The van der Waals surface area contributed by atoms with Gasteiger partial charge in [-0.3, -0.25) is 19.3 Å². The van der Waals surface area contributed by atoms with E-state index in [4.69, 9.17) is 10.5 Å². The van der Waals surface area contributed by atoms with Crippen LogP contribution in [0.2, 0.25) is 0 Å². The molecule has 9 rings (SSSR count). The molecule has 2 saturated heterocycles. The Hall–Kier alpha value is -6.77. The lowest BCUT2D eigenvalue weighted by atomic mass is 9.65. The van der Waals surface area contributed by atoms with Gasteiger partial charge in [0, 0.05) is 11.3 Å². The lowest BCUT2D eigenvalue weighted by molar-refractivity contribution is -0.178. The Morgan fingerprint density at radius 1 is 0.849 bits per heavy atom. The molecule has 5 aromatic carbocycles. The first-order valence-corrected chi connectivity index (χ1v) is 17.3. The molecule has 11 nitrogen and oxygen atoms in total. The summed E-state index contributed by atoms with van der Waals surface area (Å²) in [5, 5.41) is 21.8. The molecular formula is C42H32N6O5. The van der Waals surface area contributed by atoms with Crippen molar-refractivity contribution in [2.45, 2.75) is 36.2 Å². The lowest BCUT2D eigenvalue weighted by Gasteiger charge is -2.46. The van der Waals surface area contributed by atoms with Crippen molar-refractivity contribution >= 4 is 34.5 Å². The van der Waals surface area contributed by atoms with E-state index in [1.165, 1.54) is 12.1 Å². The number of fused-ring (bicyclic) bond motifs is 4. The highest BCUT2D eigenvalue weighted by atomic mass is 16.6. The maximum Gasteiger partial charge on any atom is 0.324 e. The van der Waals surface area contributed by atoms with Gasteiger partial charge in [-0.1, -0.05) is 102 Å². The molecule has 0 bridgehead atoms. The molecule has 0 saturated carbocycles. The monoisotopic (exact) mass is 700 g/mol. The van der Waals surface area contributed by atoms with Crippen LogP contribution in [0, 0.1) is 17.8 Å². The number of morpholine rings is 1. The van der Waals surface area contributed by atoms with E-state index in [1.54, 1.807) is 35.0 Å². The minimum absolute atomic E-state index is 0.0256. The fourth-order valence-corrected chi connectivity index (χ4v) is 8.61. The van der Waals surface area contributed by atoms with Gasteiger partial charge >= 0.3 is 5.97 Å². The van der Waals surface area contributed by atoms with Crippen molar-refractivity contribution in [2.75, 3.05) is 5.32 Å². The van der Waals surface area contributed by atoms with E-state index in [0.717, 1.165) is 22.2 Å². The molecule has 4 heterocycles. The molecule has 3 aliphatic heterocycles. The number of anilines is 1. The van der Waals surface area contributed by atoms with Gasteiger partial charge in [-0.05, 0) is 64.7 Å². The van der Waals surface area contributed by atoms with Crippen LogP contribution in [0.3, 0.4) is 0 Å². The zero-order valence-corrected chi connectivity index (χ0v) is 28.2. The van der Waals surface area contributed by atoms with Crippen molar-refractivity contribution < 1.29 is 24.2 Å². The quantitative estimate of drug-likeness (QED) is 0.169. The number of benzene rings is 5. The van der Waals surface area contributed by atoms with Crippen LogP contribution in [-0.2, 0) is 31.1 Å². The number of hydrogen-bond donors (Lipinski definition) is 3. The summed E-state index contributed by atoms with van der Waals surface area (Å²) >= 11 is 0. The third kappa shape index (κ3) is 4.98. The van der Waals surface area contributed by atoms with E-state index >= 15 is 0 Å². The number of nitrogens with two attached hydrogens (primary N) is 1. The number of aromatic nitrogens is 3. The minimum atomic E-state index is -1.69. The fourth-order valence-electron chi connectivity index (χ4n) is 8.61. The largest absolute Gasteiger partial charge is 0.508 e. The number of ether oxygens (including phenoxy) is 1. The Bertz CT molecular complexity index is 2470. The lowest BCUT2D eigenvalue weighted by Crippen LogP contribution is -2.53. The van der Waals surface area contributed by atoms with Crippen LogP contribution in [0.1, 0.15) is 46.0 Å². The number of carbonyl (C=O) groups is 3. The number of para-hydroxylation sites is 1. The number of primary amides is 1. The molecule has 6 aromatic rings. The molecule has 2 fully saturated rings. The number of cyclic esters (lactones) is 1. The van der Waals surface area contributed by atoms with Gasteiger partial charge in [0.15, 0.2) is 0 Å². The number of nitrogens with one attached hydrogen (secondary N) is 1. The summed E-state index contributed by atoms with van der Waals surface area (Å²) in [5.74, 6) is 3.11. The summed E-state index contributed by atoms with van der Waals surface area (Å²) < 4.78 is 8.02. The number of phenolic OH excluding ortho intramolecular Hbond substituents is 1. The van der Waals surface area contributed by atoms with Gasteiger partial charge in [0.05, 0.1) is 23.5 Å². The second-order valence-electron chi connectivity index (χ2n) is 13.5. The summed E-state index contributed by atoms with van der Waals surface area (Å²) in [5.41, 5.74) is 9.98. The van der Waals surface area contributed by atoms with Gasteiger partial charge < -0.3 is 20.9 Å². The fraction of sp³-hybridized carbons (Fsp3) is 0.167. The first-order chi connectivity index (χ1) is 25.9. The zero-order valence-electron chi connectivity index (χ0n) is 28.2. The zero-order chi connectivity index (χ0) is 36.3. The van der Waals surface area contributed by atoms with Crippen molar-refractivity contribution in [2.24, 2.45) is 11.7 Å². The first kappa shape index (κ1) is 32.2. The van der Waals surface area contributed by atoms with Gasteiger partial charge in [-0.2, -0.15) is 0 Å². The smallest absolute Gasteiger partial charge is 0.324 e. The minimum Gasteiger partial charge on any atom is -0.508 e. The van der Waals surface area contributed by atoms with Crippen molar-refractivity contribution in [1.82, 2.24) is 19.9 Å². The number of aromatic hydroxyl groups is 1. The predicted molar refractivity (Wildman–Crippen MR) is 195 cm³/mol. The molecule has 6 atom stereocenters. The molecule has 260 valence electrons. The molecule has 1 spiro atoms. The average Bonchev–Trinajstić information content (AvgIpc) is 3.83. The Morgan fingerprint density at radius 2 is 1.55 bits per heavy atom. The second-order valence-corrected chi connectivity index (χ2v) is 13.5. The highest BCUT2D eigenvalue weighted by Gasteiger charge is 2.73. The summed E-state index contributed by atoms with van der Waals surface area (Å²) in [7, 11) is 0. The van der Waals surface area contributed by atoms with Gasteiger partial charge in [-0.25, -0.2) is 4.68 Å². The molecule has 2 amide bonds. The van der Waals surface area contributed by atoms with Gasteiger partial charge in [-0.15, -0.1) is 5.10 Å². The van der Waals surface area contributed by atoms with Crippen LogP contribution in [-0.4, -0.2) is 48.8 Å². The van der Waals surface area contributed by atoms with Crippen molar-refractivity contribution in [3.05, 3.63) is 155 Å². The van der Waals surface area contributed by atoms with Crippen LogP contribution in [0.4, 0.5) is 5.69 Å². The Kier molecular flexibility index (Phi) is 7.57. The average molecular weight is 701 g/mol. The number of hydrogen-bond acceptors (Lipinski definition) is 8. The molecule has 0 aliphatic carbocycles. The van der Waals surface area contributed by atoms with E-state index in [2.05, 4.69) is 27.5 Å². The Labute approximate surface area is 304 Å². The van der Waals surface area contributed by atoms with Crippen LogP contribution in [0.25, 0.3) is 11.0 Å². The first-order valence-electron chi connectivity index (χ1n) is 17.3. The number of nitrogens with zero attached hydrogens (tertiary/aromatic N) is 4. The van der Waals surface area contributed by atoms with E-state index in [1.807, 2.05) is 89.8 Å². The van der Waals surface area contributed by atoms with Crippen LogP contribution in [0.15, 0.2) is 127 Å². The maximum atomic E-state index is 14.9. The van der Waals surface area contributed by atoms with Crippen molar-refractivity contribution in [3.8, 4) is 17.6 Å². The number of carbonyl (C=O) groups excluding carboxylic acids is 3. The van der Waals surface area contributed by atoms with E-state index in [9.17, 15) is 19.5 Å². The van der Waals surface area contributed by atoms with Crippen molar-refractivity contribution in [3.63, 3.8) is 0 Å². The molecule has 11 heteroatoms. The maximum absolute atomic E-state index is 14.9. The number of phenols is 1. The van der Waals surface area contributed by atoms with Gasteiger partial charge in [0.2, 0.25) is 11.8 Å². The summed E-state index contributed by atoms with van der Waals surface area (Å²) in [6.45, 7) is 0.265. The van der Waals surface area contributed by atoms with E-state index in [-0.39, 0.29) is 12.3 Å². The van der Waals surface area contributed by atoms with Crippen LogP contribution >= 0.6 is 0 Å². The Morgan fingerprint density at radius 3 is 2.28 bits per heavy atom. The Balaban J connectivity index is 1.25. The van der Waals surface area contributed by atoms with Crippen molar-refractivity contribution in [1.29, 1.82) is 0 Å². The molecular weight excluding hydrogens is 668 g/mol. The number of rotatable bonds is 5. The SMILES string of the molecule is NC(=O)[C@H]1[C@@H]2C(=O)O[C@@H](c3ccccc3)[C@@H](c3ccccc3)N2[C@@H](c2ccc(O)cc2)[C@]12C(=O)Nc1ccc(C#CCn3nnc4ccccc43)cc12. The highest BCUT2D eigenvalue weighted by Crippen LogP contribution is 2.64. The molecule has 3 aliphatic rings. The van der Waals surface area contributed by atoms with E-state index < -0.39 is 53.3 Å². The third-order valence-corrected chi connectivity index (χ3v) is 10.7. The number of amides is 2. The molecule has 53 heavy (non-hydrogen) atoms. The molecule has 4 N–H and O–H groups in total. The number of esters is 1. The van der Waals surface area contributed by atoms with Crippen LogP contribution < -0.4 is 11.1 Å². The standard InChI is InChI=1S/C42H32N6O5/c43-39(50)34-36-40(51)53-37(27-13-5-2-6-14-27)35(26-11-3-1-4-12-26)48(36)38(28-18-20-29(49)21-19-28)42(34)30-24-25(17-22-31(30)44-41(42)52)10-9-23-47-33-16-8-7-15-32(33)45-46-47/h1-8,11-22,24,34-38,49H,23H2,(H2,43,50)(H,44,52)/t34-,35-,36-,37+,38+,42-/m1/s1. The molecule has 0 unspecified atom stereocenters. The summed E-state index contributed by atoms with van der Waals surface area (Å²) in [4.78, 5) is 45.3. The topological polar surface area (TPSA) is 153 Å². The summed E-state index contributed by atoms with van der Waals surface area (Å²) in [6, 6.07) is 35.7. The van der Waals surface area contributed by atoms with Crippen LogP contribution in [0.5, 0.6) is 5.75 Å². The summed E-state index contributed by atoms with van der Waals surface area (Å²) in [6.07, 6.45) is -0.792. The molecule has 1 aromatic heterocycles. The highest BCUT2D eigenvalue weighted by molar-refractivity contribution is 6.12.